The van der Waals surface area contributed by atoms with Gasteiger partial charge in [-0.1, -0.05) is 6.92 Å². The van der Waals surface area contributed by atoms with Crippen molar-refractivity contribution < 1.29 is 48.2 Å². The molecule has 2 aromatic rings. The molecule has 0 aliphatic carbocycles. The Labute approximate surface area is 194 Å². The topological polar surface area (TPSA) is 121 Å². The van der Waals surface area contributed by atoms with Gasteiger partial charge in [0.25, 0.3) is 0 Å². The van der Waals surface area contributed by atoms with Crippen LogP contribution >= 0.6 is 0 Å². The monoisotopic (exact) mass is 490 g/mol. The highest BCUT2D eigenvalue weighted by atomic mass is 19.1. The molecule has 0 aliphatic heterocycles. The third kappa shape index (κ3) is 7.72. The fraction of sp³-hybridized carbons (Fsp3) is 0.500. The lowest BCUT2D eigenvalue weighted by molar-refractivity contribution is -0.152. The van der Waals surface area contributed by atoms with Crippen molar-refractivity contribution in [1.82, 2.24) is 0 Å². The molecule has 0 spiro atoms. The van der Waals surface area contributed by atoms with Crippen LogP contribution in [-0.4, -0.2) is 67.8 Å². The highest BCUT2D eigenvalue weighted by molar-refractivity contribution is 5.20. The van der Waals surface area contributed by atoms with Gasteiger partial charge in [-0.2, -0.15) is 0 Å². The molecule has 3 unspecified atom stereocenters. The summed E-state index contributed by atoms with van der Waals surface area (Å²) in [6, 6.07) is 5.78. The lowest BCUT2D eigenvalue weighted by Crippen LogP contribution is -2.52. The molecular formula is C24H30F4O6. The van der Waals surface area contributed by atoms with Crippen molar-refractivity contribution in [1.29, 1.82) is 0 Å². The van der Waals surface area contributed by atoms with E-state index in [0.29, 0.717) is 11.6 Å². The van der Waals surface area contributed by atoms with E-state index < -0.39 is 72.2 Å². The largest absolute Gasteiger partial charge is 0.394 e. The first-order valence-corrected chi connectivity index (χ1v) is 10.8. The Morgan fingerprint density at radius 1 is 0.647 bits per heavy atom. The Hall–Kier alpha value is -2.08. The summed E-state index contributed by atoms with van der Waals surface area (Å²) in [5.74, 6) is -4.66. The van der Waals surface area contributed by atoms with Crippen LogP contribution in [0.4, 0.5) is 17.6 Å². The van der Waals surface area contributed by atoms with Crippen molar-refractivity contribution in [3.05, 3.63) is 70.8 Å². The molecule has 6 N–H and O–H groups in total. The first-order valence-electron chi connectivity index (χ1n) is 10.8. The Bertz CT molecular complexity index is 890. The lowest BCUT2D eigenvalue weighted by Gasteiger charge is -2.35. The van der Waals surface area contributed by atoms with Gasteiger partial charge in [0.15, 0.2) is 0 Å². The van der Waals surface area contributed by atoms with Crippen molar-refractivity contribution >= 4 is 0 Å². The zero-order valence-corrected chi connectivity index (χ0v) is 18.5. The predicted molar refractivity (Wildman–Crippen MR) is 115 cm³/mol. The van der Waals surface area contributed by atoms with Crippen molar-refractivity contribution in [2.45, 2.75) is 56.7 Å². The average Bonchev–Trinajstić information content (AvgIpc) is 2.77. The fourth-order valence-electron chi connectivity index (χ4n) is 4.02. The van der Waals surface area contributed by atoms with Crippen molar-refractivity contribution in [3.63, 3.8) is 0 Å². The smallest absolute Gasteiger partial charge is 0.126 e. The summed E-state index contributed by atoms with van der Waals surface area (Å²) in [5.41, 5.74) is 0.499. The van der Waals surface area contributed by atoms with Crippen LogP contribution < -0.4 is 0 Å². The van der Waals surface area contributed by atoms with Crippen LogP contribution in [0.15, 0.2) is 36.4 Å². The quantitative estimate of drug-likeness (QED) is 0.251. The van der Waals surface area contributed by atoms with E-state index in [9.17, 15) is 43.1 Å². The van der Waals surface area contributed by atoms with Crippen LogP contribution in [0.1, 0.15) is 24.5 Å². The molecule has 0 radical (unpaired) electrons. The maximum atomic E-state index is 13.7. The van der Waals surface area contributed by atoms with Gasteiger partial charge in [-0.15, -0.1) is 0 Å². The molecule has 0 fully saturated rings. The number of hydrogen-bond acceptors (Lipinski definition) is 6. The highest BCUT2D eigenvalue weighted by Crippen LogP contribution is 2.29. The van der Waals surface area contributed by atoms with Gasteiger partial charge < -0.3 is 30.6 Å². The van der Waals surface area contributed by atoms with Gasteiger partial charge in [-0.3, -0.25) is 0 Å². The van der Waals surface area contributed by atoms with Crippen molar-refractivity contribution in [2.75, 3.05) is 6.61 Å². The van der Waals surface area contributed by atoms with Crippen LogP contribution in [0.2, 0.25) is 0 Å². The van der Waals surface area contributed by atoms with E-state index in [-0.39, 0.29) is 24.8 Å². The number of aliphatic hydroxyl groups is 6. The summed E-state index contributed by atoms with van der Waals surface area (Å²) in [7, 11) is 0. The van der Waals surface area contributed by atoms with Gasteiger partial charge in [0.1, 0.15) is 47.7 Å². The molecule has 10 heteroatoms. The van der Waals surface area contributed by atoms with Gasteiger partial charge in [-0.05, 0) is 66.5 Å². The van der Waals surface area contributed by atoms with E-state index in [1.807, 2.05) is 0 Å². The third-order valence-corrected chi connectivity index (χ3v) is 6.01. The number of benzene rings is 2. The summed E-state index contributed by atoms with van der Waals surface area (Å²) in [6.07, 6.45) is -9.26. The second-order valence-corrected chi connectivity index (χ2v) is 8.65. The van der Waals surface area contributed by atoms with E-state index in [0.717, 1.165) is 30.3 Å². The molecular weight excluding hydrogens is 460 g/mol. The van der Waals surface area contributed by atoms with Gasteiger partial charge >= 0.3 is 0 Å². The Morgan fingerprint density at radius 3 is 1.56 bits per heavy atom. The fourth-order valence-corrected chi connectivity index (χ4v) is 4.02. The van der Waals surface area contributed by atoms with Crippen molar-refractivity contribution in [2.24, 2.45) is 11.8 Å². The van der Waals surface area contributed by atoms with Gasteiger partial charge in [-0.25, -0.2) is 17.6 Å². The number of halogens is 4. The van der Waals surface area contributed by atoms with Crippen LogP contribution in [-0.2, 0) is 12.8 Å². The summed E-state index contributed by atoms with van der Waals surface area (Å²) in [6.45, 7) is 0.741. The molecule has 0 bridgehead atoms. The predicted octanol–water partition coefficient (Wildman–Crippen LogP) is 1.47. The molecule has 0 aliphatic rings. The summed E-state index contributed by atoms with van der Waals surface area (Å²) < 4.78 is 54.4. The molecule has 0 amide bonds. The number of aryl methyl sites for hydroxylation is 1. The van der Waals surface area contributed by atoms with Gasteiger partial charge in [0.2, 0.25) is 0 Å². The Balaban J connectivity index is 2.26. The molecule has 2 aromatic carbocycles. The Kier molecular flexibility index (Phi) is 10.4. The van der Waals surface area contributed by atoms with Crippen LogP contribution in [0, 0.1) is 35.1 Å². The highest BCUT2D eigenvalue weighted by Gasteiger charge is 2.39. The Morgan fingerprint density at radius 2 is 1.09 bits per heavy atom. The van der Waals surface area contributed by atoms with Crippen molar-refractivity contribution in [3.8, 4) is 0 Å². The minimum absolute atomic E-state index is 0.142. The lowest BCUT2D eigenvalue weighted by atomic mass is 9.77. The molecule has 0 heterocycles. The van der Waals surface area contributed by atoms with Crippen LogP contribution in [0.25, 0.3) is 0 Å². The van der Waals surface area contributed by atoms with E-state index in [1.54, 1.807) is 6.92 Å². The normalized spacial score (nSPS) is 18.1. The minimum atomic E-state index is -2.05. The van der Waals surface area contributed by atoms with E-state index >= 15 is 0 Å². The van der Waals surface area contributed by atoms with Gasteiger partial charge in [0.05, 0.1) is 12.7 Å². The molecule has 0 saturated heterocycles. The second kappa shape index (κ2) is 12.6. The van der Waals surface area contributed by atoms with E-state index in [2.05, 4.69) is 0 Å². The SMILES string of the molecule is CC(CCc1cc(F)cc(F)c1)C(Cc1cc(F)cc(F)c1)C(O)[C@@H](O)[C@@H](O)[C@H](O)[C@@H](O)CO. The zero-order chi connectivity index (χ0) is 25.6. The van der Waals surface area contributed by atoms with Crippen LogP contribution in [0.3, 0.4) is 0 Å². The first-order chi connectivity index (χ1) is 15.9. The maximum absolute atomic E-state index is 13.7. The second-order valence-electron chi connectivity index (χ2n) is 8.65. The molecule has 6 nitrogen and oxygen atoms in total. The molecule has 34 heavy (non-hydrogen) atoms. The third-order valence-electron chi connectivity index (χ3n) is 6.01. The minimum Gasteiger partial charge on any atom is -0.394 e. The maximum Gasteiger partial charge on any atom is 0.126 e. The van der Waals surface area contributed by atoms with Crippen LogP contribution in [0.5, 0.6) is 0 Å². The summed E-state index contributed by atoms with van der Waals surface area (Å²) >= 11 is 0. The average molecular weight is 490 g/mol. The molecule has 0 saturated carbocycles. The zero-order valence-electron chi connectivity index (χ0n) is 18.5. The van der Waals surface area contributed by atoms with E-state index in [4.69, 9.17) is 5.11 Å². The standard InChI is InChI=1S/C24H30F4O6/c1-12(2-3-13-4-15(25)9-16(26)5-13)19(8-14-6-17(27)10-18(28)7-14)21(31)23(33)24(34)22(32)20(30)11-29/h4-7,9-10,12,19-24,29-34H,2-3,8,11H2,1H3/t12?,19?,20-,21?,22+,23+,24-/m0/s1. The number of aliphatic hydroxyl groups excluding tert-OH is 6. The summed E-state index contributed by atoms with van der Waals surface area (Å²) in [4.78, 5) is 0. The molecule has 0 aromatic heterocycles. The first kappa shape index (κ1) is 28.2. The number of rotatable bonds is 12. The molecule has 2 rings (SSSR count). The van der Waals surface area contributed by atoms with Gasteiger partial charge in [0, 0.05) is 12.1 Å². The molecule has 190 valence electrons. The summed E-state index contributed by atoms with van der Waals surface area (Å²) in [5, 5.41) is 59.8. The van der Waals surface area contributed by atoms with E-state index in [1.165, 1.54) is 0 Å². The number of hydrogen-bond donors (Lipinski definition) is 6. The molecule has 7 atom stereocenters.